The van der Waals surface area contributed by atoms with Gasteiger partial charge in [0.15, 0.2) is 9.84 Å². The highest BCUT2D eigenvalue weighted by Gasteiger charge is 2.16. The fourth-order valence-corrected chi connectivity index (χ4v) is 3.89. The summed E-state index contributed by atoms with van der Waals surface area (Å²) >= 11 is 0. The molecule has 2 aromatic rings. The quantitative estimate of drug-likeness (QED) is 0.473. The summed E-state index contributed by atoms with van der Waals surface area (Å²) in [4.78, 5) is 13.5. The van der Waals surface area contributed by atoms with Gasteiger partial charge >= 0.3 is 5.97 Å². The molecule has 6 nitrogen and oxygen atoms in total. The molecule has 0 aliphatic heterocycles. The van der Waals surface area contributed by atoms with Crippen molar-refractivity contribution in [3.63, 3.8) is 0 Å². The fourth-order valence-electron chi connectivity index (χ4n) is 2.67. The van der Waals surface area contributed by atoms with Crippen LogP contribution in [-0.4, -0.2) is 52.1 Å². The van der Waals surface area contributed by atoms with Crippen LogP contribution in [0, 0.1) is 0 Å². The van der Waals surface area contributed by atoms with Crippen molar-refractivity contribution in [3.05, 3.63) is 59.7 Å². The van der Waals surface area contributed by atoms with Crippen molar-refractivity contribution in [1.82, 2.24) is 0 Å². The van der Waals surface area contributed by atoms with E-state index in [1.54, 1.807) is 31.2 Å². The minimum atomic E-state index is -3.52. The Morgan fingerprint density at radius 1 is 1.03 bits per heavy atom. The summed E-state index contributed by atoms with van der Waals surface area (Å²) in [6.45, 7) is 2.60. The molecule has 156 valence electrons. The van der Waals surface area contributed by atoms with Crippen LogP contribution in [0.15, 0.2) is 53.4 Å². The second-order valence-corrected chi connectivity index (χ2v) is 8.62. The Bertz CT molecular complexity index is 919. The molecule has 0 atom stereocenters. The van der Waals surface area contributed by atoms with Crippen LogP contribution in [0.25, 0.3) is 12.2 Å². The molecule has 0 aliphatic rings. The molecule has 0 radical (unpaired) electrons. The highest BCUT2D eigenvalue weighted by molar-refractivity contribution is 7.91. The number of sulfone groups is 1. The molecule has 7 heteroatoms. The zero-order valence-corrected chi connectivity index (χ0v) is 17.6. The van der Waals surface area contributed by atoms with E-state index in [-0.39, 0.29) is 30.3 Å². The van der Waals surface area contributed by atoms with Gasteiger partial charge in [0.05, 0.1) is 30.3 Å². The molecule has 2 rings (SSSR count). The van der Waals surface area contributed by atoms with E-state index in [0.29, 0.717) is 6.54 Å². The first-order valence-electron chi connectivity index (χ1n) is 9.44. The van der Waals surface area contributed by atoms with E-state index in [1.165, 1.54) is 0 Å². The molecule has 0 saturated carbocycles. The van der Waals surface area contributed by atoms with Gasteiger partial charge in [-0.2, -0.15) is 0 Å². The van der Waals surface area contributed by atoms with E-state index in [0.717, 1.165) is 16.8 Å². The summed E-state index contributed by atoms with van der Waals surface area (Å²) in [5.41, 5.74) is 2.90. The van der Waals surface area contributed by atoms with Crippen LogP contribution in [-0.2, 0) is 19.4 Å². The zero-order chi connectivity index (χ0) is 21.3. The van der Waals surface area contributed by atoms with Gasteiger partial charge in [-0.1, -0.05) is 36.4 Å². The number of benzene rings is 2. The van der Waals surface area contributed by atoms with Crippen molar-refractivity contribution in [2.75, 3.05) is 37.5 Å². The summed E-state index contributed by atoms with van der Waals surface area (Å²) in [7, 11) is -1.60. The van der Waals surface area contributed by atoms with Gasteiger partial charge < -0.3 is 14.7 Å². The predicted molar refractivity (Wildman–Crippen MR) is 115 cm³/mol. The minimum absolute atomic E-state index is 0.104. The summed E-state index contributed by atoms with van der Waals surface area (Å²) in [5, 5.41) is 9.00. The number of aliphatic hydroxyl groups excluding tert-OH is 1. The number of anilines is 1. The highest BCUT2D eigenvalue weighted by atomic mass is 32.2. The van der Waals surface area contributed by atoms with Crippen molar-refractivity contribution in [1.29, 1.82) is 0 Å². The summed E-state index contributed by atoms with van der Waals surface area (Å²) in [6, 6.07) is 14.5. The fraction of sp³-hybridized carbons (Fsp3) is 0.318. The van der Waals surface area contributed by atoms with Crippen molar-refractivity contribution >= 4 is 33.6 Å². The van der Waals surface area contributed by atoms with Gasteiger partial charge in [0, 0.05) is 19.3 Å². The Hall–Kier alpha value is -2.64. The standard InChI is InChI=1S/C22H27NO5S/c1-3-28-22(25)14-17-29(26,27)21-12-8-19(9-13-21)5-4-18-6-10-20(11-7-18)23(2)15-16-24/h4-13,24H,3,14-17H2,1-2H3. The first-order valence-corrected chi connectivity index (χ1v) is 11.1. The SMILES string of the molecule is CCOC(=O)CCS(=O)(=O)c1ccc(C=Cc2ccc(N(C)CCO)cc2)cc1. The molecule has 0 aromatic heterocycles. The topological polar surface area (TPSA) is 83.9 Å². The number of carbonyl (C=O) groups is 1. The predicted octanol–water partition coefficient (Wildman–Crippen LogP) is 3.01. The molecule has 0 heterocycles. The van der Waals surface area contributed by atoms with Crippen molar-refractivity contribution in [2.24, 2.45) is 0 Å². The van der Waals surface area contributed by atoms with Gasteiger partial charge in [-0.15, -0.1) is 0 Å². The van der Waals surface area contributed by atoms with Gasteiger partial charge in [0.2, 0.25) is 0 Å². The number of rotatable bonds is 10. The molecule has 1 N–H and O–H groups in total. The maximum Gasteiger partial charge on any atom is 0.306 e. The maximum atomic E-state index is 12.3. The monoisotopic (exact) mass is 417 g/mol. The molecule has 0 fully saturated rings. The average Bonchev–Trinajstić information content (AvgIpc) is 2.72. The molecule has 0 aliphatic carbocycles. The van der Waals surface area contributed by atoms with Crippen LogP contribution < -0.4 is 4.90 Å². The molecule has 2 aromatic carbocycles. The second kappa shape index (κ2) is 10.8. The Balaban J connectivity index is 2.00. The third-order valence-corrected chi connectivity index (χ3v) is 6.09. The van der Waals surface area contributed by atoms with Crippen LogP contribution in [0.4, 0.5) is 5.69 Å². The number of esters is 1. The van der Waals surface area contributed by atoms with E-state index in [4.69, 9.17) is 9.84 Å². The number of likely N-dealkylation sites (N-methyl/N-ethyl adjacent to an activating group) is 1. The lowest BCUT2D eigenvalue weighted by atomic mass is 10.1. The van der Waals surface area contributed by atoms with E-state index in [1.807, 2.05) is 48.4 Å². The van der Waals surface area contributed by atoms with Crippen molar-refractivity contribution in [2.45, 2.75) is 18.2 Å². The van der Waals surface area contributed by atoms with Crippen molar-refractivity contribution < 1.29 is 23.1 Å². The smallest absolute Gasteiger partial charge is 0.306 e. The third-order valence-electron chi connectivity index (χ3n) is 4.36. The molecular formula is C22H27NO5S. The lowest BCUT2D eigenvalue weighted by Crippen LogP contribution is -2.20. The van der Waals surface area contributed by atoms with Gasteiger partial charge in [0.1, 0.15) is 0 Å². The minimum Gasteiger partial charge on any atom is -0.466 e. The molecule has 0 spiro atoms. The zero-order valence-electron chi connectivity index (χ0n) is 16.7. The Morgan fingerprint density at radius 3 is 2.10 bits per heavy atom. The van der Waals surface area contributed by atoms with E-state index < -0.39 is 15.8 Å². The largest absolute Gasteiger partial charge is 0.466 e. The number of aliphatic hydroxyl groups is 1. The number of carbonyl (C=O) groups excluding carboxylic acids is 1. The summed E-state index contributed by atoms with van der Waals surface area (Å²) < 4.78 is 29.4. The number of hydrogen-bond donors (Lipinski definition) is 1. The summed E-state index contributed by atoms with van der Waals surface area (Å²) in [5.74, 6) is -0.776. The maximum absolute atomic E-state index is 12.3. The first-order chi connectivity index (χ1) is 13.9. The normalized spacial score (nSPS) is 11.6. The molecular weight excluding hydrogens is 390 g/mol. The Labute approximate surface area is 172 Å². The number of ether oxygens (including phenoxy) is 1. The first kappa shape index (κ1) is 22.6. The van der Waals surface area contributed by atoms with Crippen LogP contribution in [0.2, 0.25) is 0 Å². The van der Waals surface area contributed by atoms with Crippen LogP contribution in [0.3, 0.4) is 0 Å². The Kier molecular flexibility index (Phi) is 8.42. The average molecular weight is 418 g/mol. The van der Waals surface area contributed by atoms with Gasteiger partial charge in [-0.05, 0) is 42.3 Å². The summed E-state index contributed by atoms with van der Waals surface area (Å²) in [6.07, 6.45) is 3.70. The van der Waals surface area contributed by atoms with Gasteiger partial charge in [-0.25, -0.2) is 8.42 Å². The molecule has 0 amide bonds. The van der Waals surface area contributed by atoms with E-state index in [9.17, 15) is 13.2 Å². The van der Waals surface area contributed by atoms with Gasteiger partial charge in [-0.3, -0.25) is 4.79 Å². The van der Waals surface area contributed by atoms with Crippen LogP contribution >= 0.6 is 0 Å². The van der Waals surface area contributed by atoms with Gasteiger partial charge in [0.25, 0.3) is 0 Å². The van der Waals surface area contributed by atoms with Crippen LogP contribution in [0.1, 0.15) is 24.5 Å². The number of nitrogens with zero attached hydrogens (tertiary/aromatic N) is 1. The number of hydrogen-bond acceptors (Lipinski definition) is 6. The molecule has 0 unspecified atom stereocenters. The lowest BCUT2D eigenvalue weighted by Gasteiger charge is -2.17. The third kappa shape index (κ3) is 7.03. The van der Waals surface area contributed by atoms with E-state index >= 15 is 0 Å². The van der Waals surface area contributed by atoms with E-state index in [2.05, 4.69) is 0 Å². The lowest BCUT2D eigenvalue weighted by molar-refractivity contribution is -0.142. The molecule has 29 heavy (non-hydrogen) atoms. The molecule has 0 bridgehead atoms. The van der Waals surface area contributed by atoms with Crippen molar-refractivity contribution in [3.8, 4) is 0 Å². The second-order valence-electron chi connectivity index (χ2n) is 6.51. The van der Waals surface area contributed by atoms with Crippen LogP contribution in [0.5, 0.6) is 0 Å². The Morgan fingerprint density at radius 2 is 1.59 bits per heavy atom. The molecule has 0 saturated heterocycles. The highest BCUT2D eigenvalue weighted by Crippen LogP contribution is 2.17.